The molecule has 37 heavy (non-hydrogen) atoms. The van der Waals surface area contributed by atoms with E-state index < -0.39 is 16.2 Å². The van der Waals surface area contributed by atoms with Gasteiger partial charge in [0.1, 0.15) is 4.33 Å². The van der Waals surface area contributed by atoms with Crippen molar-refractivity contribution in [3.05, 3.63) is 87.4 Å². The maximum Gasteiger partial charge on any atom is 0.257 e. The quantitative estimate of drug-likeness (QED) is 0.238. The summed E-state index contributed by atoms with van der Waals surface area (Å²) in [6.45, 7) is 6.29. The molecule has 4 rings (SSSR count). The number of hydrogen-bond acceptors (Lipinski definition) is 4. The molecule has 1 aliphatic rings. The summed E-state index contributed by atoms with van der Waals surface area (Å²) in [7, 11) is 0. The highest BCUT2D eigenvalue weighted by Gasteiger charge is 2.67. The Hall–Kier alpha value is -2.77. The van der Waals surface area contributed by atoms with E-state index in [2.05, 4.69) is 22.0 Å². The van der Waals surface area contributed by atoms with E-state index in [1.54, 1.807) is 18.2 Å². The van der Waals surface area contributed by atoms with Crippen molar-refractivity contribution in [3.8, 4) is 0 Å². The average molecular weight is 561 g/mol. The van der Waals surface area contributed by atoms with Crippen LogP contribution in [-0.2, 0) is 4.79 Å². The molecule has 9 heteroatoms. The number of nitrogens with one attached hydrogen (secondary N) is 3. The van der Waals surface area contributed by atoms with Gasteiger partial charge >= 0.3 is 0 Å². The van der Waals surface area contributed by atoms with E-state index in [9.17, 15) is 9.59 Å². The predicted octanol–water partition coefficient (Wildman–Crippen LogP) is 6.45. The molecule has 194 valence electrons. The van der Waals surface area contributed by atoms with E-state index in [0.717, 1.165) is 27.9 Å². The molecule has 0 aliphatic heterocycles. The van der Waals surface area contributed by atoms with Crippen LogP contribution < -0.4 is 16.0 Å². The minimum absolute atomic E-state index is 0.0205. The Morgan fingerprint density at radius 3 is 2.24 bits per heavy atom. The van der Waals surface area contributed by atoms with Crippen LogP contribution in [0, 0.1) is 26.7 Å². The van der Waals surface area contributed by atoms with E-state index in [1.807, 2.05) is 45.0 Å². The molecule has 0 heterocycles. The lowest BCUT2D eigenvalue weighted by Crippen LogP contribution is -2.18. The molecule has 0 saturated heterocycles. The molecular weight excluding hydrogens is 533 g/mol. The highest BCUT2D eigenvalue weighted by atomic mass is 35.5. The molecule has 3 aromatic rings. The SMILES string of the molecule is Cc1cc(C)cc(C2C(C(=O)Nc3ccc(Cl)c(C(=O)Nc4ccc(NCCO)cc4C)c3)C2(Cl)Cl)c1. The standard InChI is InChI=1S/C28H28Cl3N3O3/c1-15-10-16(2)12-18(11-15)24-25(28(24,30)31)27(37)33-20-4-6-22(29)21(14-20)26(36)34-23-7-5-19(13-17(23)3)32-8-9-35/h4-7,10-14,24-25,32,35H,8-9H2,1-3H3,(H,33,37)(H,34,36). The molecular formula is C28H28Cl3N3O3. The Bertz CT molecular complexity index is 1340. The minimum Gasteiger partial charge on any atom is -0.395 e. The normalized spacial score (nSPS) is 17.7. The number of benzene rings is 3. The topological polar surface area (TPSA) is 90.5 Å². The molecule has 0 aromatic heterocycles. The zero-order valence-corrected chi connectivity index (χ0v) is 22.9. The van der Waals surface area contributed by atoms with Gasteiger partial charge in [0.2, 0.25) is 5.91 Å². The number of amides is 2. The lowest BCUT2D eigenvalue weighted by atomic mass is 10.0. The van der Waals surface area contributed by atoms with Crippen molar-refractivity contribution in [3.63, 3.8) is 0 Å². The maximum absolute atomic E-state index is 13.1. The van der Waals surface area contributed by atoms with Crippen molar-refractivity contribution in [1.29, 1.82) is 0 Å². The first kappa shape index (κ1) is 27.3. The molecule has 1 fully saturated rings. The van der Waals surface area contributed by atoms with Gasteiger partial charge in [-0.25, -0.2) is 0 Å². The molecule has 6 nitrogen and oxygen atoms in total. The first-order valence-electron chi connectivity index (χ1n) is 11.8. The van der Waals surface area contributed by atoms with Gasteiger partial charge in [-0.1, -0.05) is 40.9 Å². The zero-order valence-electron chi connectivity index (χ0n) is 20.7. The van der Waals surface area contributed by atoms with Crippen molar-refractivity contribution in [2.45, 2.75) is 31.0 Å². The number of alkyl halides is 2. The van der Waals surface area contributed by atoms with E-state index >= 15 is 0 Å². The van der Waals surface area contributed by atoms with E-state index in [-0.39, 0.29) is 29.0 Å². The fraction of sp³-hybridized carbons (Fsp3) is 0.286. The molecule has 2 atom stereocenters. The molecule has 0 spiro atoms. The first-order chi connectivity index (χ1) is 17.5. The summed E-state index contributed by atoms with van der Waals surface area (Å²) < 4.78 is -1.22. The predicted molar refractivity (Wildman–Crippen MR) is 151 cm³/mol. The van der Waals surface area contributed by atoms with Gasteiger partial charge < -0.3 is 21.1 Å². The monoisotopic (exact) mass is 559 g/mol. The van der Waals surface area contributed by atoms with Crippen LogP contribution in [0.25, 0.3) is 0 Å². The molecule has 0 bridgehead atoms. The summed E-state index contributed by atoms with van der Waals surface area (Å²) in [6, 6.07) is 16.2. The van der Waals surface area contributed by atoms with Crippen molar-refractivity contribution < 1.29 is 14.7 Å². The van der Waals surface area contributed by atoms with Crippen molar-refractivity contribution >= 4 is 63.7 Å². The third kappa shape index (κ3) is 6.04. The molecule has 3 aromatic carbocycles. The van der Waals surface area contributed by atoms with Crippen LogP contribution in [0.1, 0.15) is 38.5 Å². The summed E-state index contributed by atoms with van der Waals surface area (Å²) >= 11 is 19.4. The highest BCUT2D eigenvalue weighted by Crippen LogP contribution is 2.65. The van der Waals surface area contributed by atoms with Gasteiger partial charge in [-0.3, -0.25) is 9.59 Å². The van der Waals surface area contributed by atoms with Gasteiger partial charge in [0, 0.05) is 29.5 Å². The lowest BCUT2D eigenvalue weighted by Gasteiger charge is -2.13. The van der Waals surface area contributed by atoms with Crippen LogP contribution in [0.2, 0.25) is 5.02 Å². The highest BCUT2D eigenvalue weighted by molar-refractivity contribution is 6.53. The molecule has 1 aliphatic carbocycles. The van der Waals surface area contributed by atoms with Crippen LogP contribution >= 0.6 is 34.8 Å². The van der Waals surface area contributed by atoms with Gasteiger partial charge in [-0.2, -0.15) is 0 Å². The van der Waals surface area contributed by atoms with Crippen LogP contribution in [0.15, 0.2) is 54.6 Å². The van der Waals surface area contributed by atoms with Crippen LogP contribution in [-0.4, -0.2) is 34.4 Å². The van der Waals surface area contributed by atoms with Gasteiger partial charge in [0.15, 0.2) is 0 Å². The van der Waals surface area contributed by atoms with Crippen LogP contribution in [0.3, 0.4) is 0 Å². The smallest absolute Gasteiger partial charge is 0.257 e. The molecule has 2 amide bonds. The van der Waals surface area contributed by atoms with Gasteiger partial charge in [0.05, 0.1) is 23.1 Å². The Kier molecular flexibility index (Phi) is 8.05. The number of carbonyl (C=O) groups is 2. The molecule has 1 saturated carbocycles. The van der Waals surface area contributed by atoms with E-state index in [4.69, 9.17) is 39.9 Å². The van der Waals surface area contributed by atoms with E-state index in [0.29, 0.717) is 17.9 Å². The largest absolute Gasteiger partial charge is 0.395 e. The second-order valence-corrected chi connectivity index (χ2v) is 11.2. The molecule has 0 radical (unpaired) electrons. The van der Waals surface area contributed by atoms with Gasteiger partial charge in [0.25, 0.3) is 5.91 Å². The Morgan fingerprint density at radius 2 is 1.59 bits per heavy atom. The summed E-state index contributed by atoms with van der Waals surface area (Å²) in [5.74, 6) is -1.71. The van der Waals surface area contributed by atoms with Crippen LogP contribution in [0.5, 0.6) is 0 Å². The average Bonchev–Trinajstić information content (AvgIpc) is 3.41. The van der Waals surface area contributed by atoms with Crippen molar-refractivity contribution in [1.82, 2.24) is 0 Å². The van der Waals surface area contributed by atoms with E-state index in [1.165, 1.54) is 6.07 Å². The maximum atomic E-state index is 13.1. The summed E-state index contributed by atoms with van der Waals surface area (Å²) in [6.07, 6.45) is 0. The Labute approximate surface area is 231 Å². The number of halogens is 3. The fourth-order valence-corrected chi connectivity index (χ4v) is 5.59. The second kappa shape index (κ2) is 10.9. The number of aryl methyl sites for hydroxylation is 3. The lowest BCUT2D eigenvalue weighted by molar-refractivity contribution is -0.117. The number of carbonyl (C=O) groups excluding carboxylic acids is 2. The van der Waals surface area contributed by atoms with Gasteiger partial charge in [-0.15, -0.1) is 23.2 Å². The number of aliphatic hydroxyl groups is 1. The number of anilines is 3. The summed E-state index contributed by atoms with van der Waals surface area (Å²) in [4.78, 5) is 26.2. The van der Waals surface area contributed by atoms with Crippen molar-refractivity contribution in [2.75, 3.05) is 29.1 Å². The number of hydrogen-bond donors (Lipinski definition) is 4. The van der Waals surface area contributed by atoms with Crippen molar-refractivity contribution in [2.24, 2.45) is 5.92 Å². The van der Waals surface area contributed by atoms with Gasteiger partial charge in [-0.05, 0) is 68.3 Å². The minimum atomic E-state index is -1.22. The number of aliphatic hydroxyl groups excluding tert-OH is 1. The molecule has 4 N–H and O–H groups in total. The third-order valence-electron chi connectivity index (χ3n) is 6.33. The second-order valence-electron chi connectivity index (χ2n) is 9.37. The third-order valence-corrected chi connectivity index (χ3v) is 7.60. The first-order valence-corrected chi connectivity index (χ1v) is 13.0. The Morgan fingerprint density at radius 1 is 0.919 bits per heavy atom. The Balaban J connectivity index is 1.48. The zero-order chi connectivity index (χ0) is 26.9. The summed E-state index contributed by atoms with van der Waals surface area (Å²) in [5, 5.41) is 18.0. The fourth-order valence-electron chi connectivity index (χ4n) is 4.56. The summed E-state index contributed by atoms with van der Waals surface area (Å²) in [5.41, 5.74) is 5.99. The van der Waals surface area contributed by atoms with Crippen LogP contribution in [0.4, 0.5) is 17.1 Å². The number of rotatable bonds is 8. The molecule has 2 unspecified atom stereocenters.